The van der Waals surface area contributed by atoms with Crippen LogP contribution in [-0.2, 0) is 19.1 Å². The molecule has 0 saturated heterocycles. The molecule has 1 fully saturated rings. The van der Waals surface area contributed by atoms with Crippen molar-refractivity contribution >= 4 is 17.7 Å². The smallest absolute Gasteiger partial charge is 0.328 e. The van der Waals surface area contributed by atoms with Crippen molar-refractivity contribution in [1.82, 2.24) is 5.32 Å². The lowest BCUT2D eigenvalue weighted by Crippen LogP contribution is -2.46. The minimum absolute atomic E-state index is 0.0214. The Morgan fingerprint density at radius 2 is 2.09 bits per heavy atom. The van der Waals surface area contributed by atoms with Crippen LogP contribution in [0.3, 0.4) is 0 Å². The highest BCUT2D eigenvalue weighted by atomic mass is 16.5. The average molecular weight is 321 g/mol. The van der Waals surface area contributed by atoms with E-state index < -0.39 is 6.04 Å². The predicted molar refractivity (Wildman–Crippen MR) is 86.6 cm³/mol. The maximum absolute atomic E-state index is 12.4. The zero-order valence-electron chi connectivity index (χ0n) is 14.0. The molecule has 128 valence electrons. The highest BCUT2D eigenvalue weighted by Crippen LogP contribution is 2.34. The number of ether oxygens (including phenoxy) is 1. The van der Waals surface area contributed by atoms with E-state index in [0.717, 1.165) is 12.8 Å². The first kappa shape index (κ1) is 17.7. The Kier molecular flexibility index (Phi) is 6.37. The molecule has 0 aromatic carbocycles. The fourth-order valence-corrected chi connectivity index (χ4v) is 3.36. The van der Waals surface area contributed by atoms with Gasteiger partial charge in [0.05, 0.1) is 6.61 Å². The number of ketones is 1. The Balaban J connectivity index is 2.13. The van der Waals surface area contributed by atoms with E-state index in [-0.39, 0.29) is 35.4 Å². The van der Waals surface area contributed by atoms with Gasteiger partial charge in [-0.05, 0) is 31.1 Å². The average Bonchev–Trinajstić information content (AvgIpc) is 2.87. The van der Waals surface area contributed by atoms with Gasteiger partial charge in [-0.1, -0.05) is 32.4 Å². The second-order valence-electron chi connectivity index (χ2n) is 6.67. The number of hydrogen-bond donors (Lipinski definition) is 1. The van der Waals surface area contributed by atoms with Gasteiger partial charge >= 0.3 is 5.97 Å². The number of cyclic esters (lactones) is 1. The normalized spacial score (nSPS) is 32.6. The van der Waals surface area contributed by atoms with Crippen molar-refractivity contribution in [2.45, 2.75) is 58.4 Å². The van der Waals surface area contributed by atoms with E-state index in [9.17, 15) is 14.4 Å². The van der Waals surface area contributed by atoms with Crippen LogP contribution in [0.15, 0.2) is 12.2 Å². The van der Waals surface area contributed by atoms with Gasteiger partial charge in [-0.2, -0.15) is 0 Å². The highest BCUT2D eigenvalue weighted by molar-refractivity contribution is 5.87. The van der Waals surface area contributed by atoms with Crippen LogP contribution in [0.25, 0.3) is 0 Å². The molecule has 0 aromatic heterocycles. The van der Waals surface area contributed by atoms with Crippen LogP contribution in [0.5, 0.6) is 0 Å². The minimum atomic E-state index is -0.604. The molecule has 5 heteroatoms. The van der Waals surface area contributed by atoms with E-state index in [4.69, 9.17) is 4.74 Å². The van der Waals surface area contributed by atoms with Crippen LogP contribution >= 0.6 is 0 Å². The molecule has 5 nitrogen and oxygen atoms in total. The molecule has 1 saturated carbocycles. The van der Waals surface area contributed by atoms with Gasteiger partial charge in [-0.15, -0.1) is 0 Å². The monoisotopic (exact) mass is 321 g/mol. The van der Waals surface area contributed by atoms with E-state index in [1.54, 1.807) is 0 Å². The number of amides is 1. The first-order valence-corrected chi connectivity index (χ1v) is 8.66. The van der Waals surface area contributed by atoms with Crippen LogP contribution in [0, 0.1) is 17.8 Å². The molecule has 0 bridgehead atoms. The predicted octanol–water partition coefficient (Wildman–Crippen LogP) is 2.40. The summed E-state index contributed by atoms with van der Waals surface area (Å²) in [4.78, 5) is 36.6. The summed E-state index contributed by atoms with van der Waals surface area (Å²) in [6.45, 7) is 4.23. The van der Waals surface area contributed by atoms with Crippen LogP contribution < -0.4 is 5.32 Å². The summed E-state index contributed by atoms with van der Waals surface area (Å²) < 4.78 is 5.28. The molecule has 2 aliphatic rings. The summed E-state index contributed by atoms with van der Waals surface area (Å²) in [6.07, 6.45) is 7.68. The van der Waals surface area contributed by atoms with Crippen LogP contribution in [0.2, 0.25) is 0 Å². The molecule has 2 rings (SSSR count). The fourth-order valence-electron chi connectivity index (χ4n) is 3.36. The summed E-state index contributed by atoms with van der Waals surface area (Å²) in [5.74, 6) is -0.209. The van der Waals surface area contributed by atoms with E-state index in [0.29, 0.717) is 32.3 Å². The number of carbonyl (C=O) groups excluding carboxylic acids is 3. The zero-order chi connectivity index (χ0) is 16.8. The lowest BCUT2D eigenvalue weighted by atomic mass is 9.89. The SMILES string of the molecule is CC[C@H](C)[C@@H]1NC(=O)C[C@H]2CCC(=O)[C@@H]2C/C=C\CCOC1=O. The second-order valence-corrected chi connectivity index (χ2v) is 6.67. The minimum Gasteiger partial charge on any atom is -0.464 e. The van der Waals surface area contributed by atoms with Crippen LogP contribution in [-0.4, -0.2) is 30.3 Å². The molecule has 0 spiro atoms. The summed E-state index contributed by atoms with van der Waals surface area (Å²) in [5.41, 5.74) is 0. The molecule has 4 atom stereocenters. The molecule has 23 heavy (non-hydrogen) atoms. The molecule has 1 heterocycles. The number of rotatable bonds is 2. The van der Waals surface area contributed by atoms with Crippen molar-refractivity contribution < 1.29 is 19.1 Å². The Morgan fingerprint density at radius 3 is 2.83 bits per heavy atom. The van der Waals surface area contributed by atoms with Crippen molar-refractivity contribution in [1.29, 1.82) is 0 Å². The van der Waals surface area contributed by atoms with Crippen molar-refractivity contribution in [3.8, 4) is 0 Å². The maximum atomic E-state index is 12.4. The van der Waals surface area contributed by atoms with Gasteiger partial charge in [0.15, 0.2) is 0 Å². The summed E-state index contributed by atoms with van der Waals surface area (Å²) in [5, 5.41) is 2.84. The maximum Gasteiger partial charge on any atom is 0.328 e. The Bertz CT molecular complexity index is 485. The number of hydrogen-bond acceptors (Lipinski definition) is 4. The largest absolute Gasteiger partial charge is 0.464 e. The molecular formula is C18H27NO4. The molecule has 1 aliphatic heterocycles. The molecular weight excluding hydrogens is 294 g/mol. The van der Waals surface area contributed by atoms with Crippen LogP contribution in [0.1, 0.15) is 52.4 Å². The summed E-state index contributed by atoms with van der Waals surface area (Å²) in [6, 6.07) is -0.604. The molecule has 0 unspecified atom stereocenters. The van der Waals surface area contributed by atoms with Crippen molar-refractivity contribution in [3.63, 3.8) is 0 Å². The molecule has 1 amide bonds. The number of esters is 1. The Morgan fingerprint density at radius 1 is 1.30 bits per heavy atom. The van der Waals surface area contributed by atoms with Gasteiger partial charge in [-0.25, -0.2) is 4.79 Å². The molecule has 0 aromatic rings. The summed E-state index contributed by atoms with van der Waals surface area (Å²) in [7, 11) is 0. The van der Waals surface area contributed by atoms with E-state index in [1.165, 1.54) is 0 Å². The molecule has 1 N–H and O–H groups in total. The van der Waals surface area contributed by atoms with Crippen molar-refractivity contribution in [2.75, 3.05) is 6.61 Å². The Labute approximate surface area is 137 Å². The first-order chi connectivity index (χ1) is 11.0. The van der Waals surface area contributed by atoms with E-state index in [1.807, 2.05) is 26.0 Å². The van der Waals surface area contributed by atoms with Gasteiger partial charge in [0, 0.05) is 18.8 Å². The van der Waals surface area contributed by atoms with E-state index >= 15 is 0 Å². The number of Topliss-reactive ketones (excluding diaryl/α,β-unsaturated/α-hetero) is 1. The number of allylic oxidation sites excluding steroid dienone is 1. The number of nitrogens with one attached hydrogen (secondary N) is 1. The van der Waals surface area contributed by atoms with Crippen LogP contribution in [0.4, 0.5) is 0 Å². The third-order valence-electron chi connectivity index (χ3n) is 5.06. The Hall–Kier alpha value is -1.65. The van der Waals surface area contributed by atoms with Gasteiger partial charge in [0.2, 0.25) is 5.91 Å². The third-order valence-corrected chi connectivity index (χ3v) is 5.06. The van der Waals surface area contributed by atoms with Gasteiger partial charge in [0.25, 0.3) is 0 Å². The topological polar surface area (TPSA) is 72.5 Å². The van der Waals surface area contributed by atoms with E-state index in [2.05, 4.69) is 5.32 Å². The van der Waals surface area contributed by atoms with Crippen molar-refractivity contribution in [2.24, 2.45) is 17.8 Å². The number of carbonyl (C=O) groups is 3. The second kappa shape index (κ2) is 8.27. The van der Waals surface area contributed by atoms with Gasteiger partial charge in [0.1, 0.15) is 11.8 Å². The molecule has 0 radical (unpaired) electrons. The lowest BCUT2D eigenvalue weighted by Gasteiger charge is -2.24. The van der Waals surface area contributed by atoms with Gasteiger partial charge in [-0.3, -0.25) is 9.59 Å². The molecule has 1 aliphatic carbocycles. The third kappa shape index (κ3) is 4.66. The van der Waals surface area contributed by atoms with Crippen molar-refractivity contribution in [3.05, 3.63) is 12.2 Å². The lowest BCUT2D eigenvalue weighted by molar-refractivity contribution is -0.149. The zero-order valence-corrected chi connectivity index (χ0v) is 14.0. The number of fused-ring (bicyclic) bond motifs is 1. The fraction of sp³-hybridized carbons (Fsp3) is 0.722. The van der Waals surface area contributed by atoms with Gasteiger partial charge < -0.3 is 10.1 Å². The quantitative estimate of drug-likeness (QED) is 0.626. The standard InChI is InChI=1S/C18H27NO4/c1-3-12(2)17-18(22)23-10-6-4-5-7-14-13(8-9-15(14)20)11-16(21)19-17/h4-5,12-14,17H,3,6-11H2,1-2H3,(H,19,21)/b5-4-/t12-,13+,14+,17-/m0/s1. The highest BCUT2D eigenvalue weighted by Gasteiger charge is 2.36. The first-order valence-electron chi connectivity index (χ1n) is 8.66. The summed E-state index contributed by atoms with van der Waals surface area (Å²) >= 11 is 0.